The summed E-state index contributed by atoms with van der Waals surface area (Å²) in [5.74, 6) is 0.128. The van der Waals surface area contributed by atoms with Gasteiger partial charge in [0.15, 0.2) is 11.6 Å². The van der Waals surface area contributed by atoms with Gasteiger partial charge in [0.2, 0.25) is 0 Å². The summed E-state index contributed by atoms with van der Waals surface area (Å²) in [6.45, 7) is 12.0. The van der Waals surface area contributed by atoms with Crippen LogP contribution in [0.25, 0.3) is 0 Å². The van der Waals surface area contributed by atoms with E-state index in [0.29, 0.717) is 11.1 Å². The van der Waals surface area contributed by atoms with Crippen molar-refractivity contribution in [2.45, 2.75) is 73.3 Å². The van der Waals surface area contributed by atoms with Gasteiger partial charge in [-0.25, -0.2) is 0 Å². The number of carbonyl (C=O) groups is 2. The van der Waals surface area contributed by atoms with Gasteiger partial charge in [-0.2, -0.15) is 0 Å². The van der Waals surface area contributed by atoms with Crippen molar-refractivity contribution in [2.24, 2.45) is 11.8 Å². The predicted octanol–water partition coefficient (Wildman–Crippen LogP) is 5.74. The monoisotopic (exact) mass is 331 g/mol. The number of unbranched alkanes of at least 4 members (excludes halogenated alkanes) is 2. The van der Waals surface area contributed by atoms with E-state index in [-0.39, 0.29) is 29.4 Å². The Hall–Kier alpha value is -1.64. The number of ketones is 2. The largest absolute Gasteiger partial charge is 0.383 e. The Morgan fingerprint density at radius 2 is 1.50 bits per heavy atom. The predicted molar refractivity (Wildman–Crippen MR) is 102 cm³/mol. The minimum absolute atomic E-state index is 0.00662. The lowest BCUT2D eigenvalue weighted by molar-refractivity contribution is 0.0922. The van der Waals surface area contributed by atoms with Gasteiger partial charge in [0.25, 0.3) is 0 Å². The number of nitrogens with one attached hydrogen (secondary N) is 1. The van der Waals surface area contributed by atoms with E-state index in [2.05, 4.69) is 12.2 Å². The molecule has 1 atom stereocenters. The zero-order valence-electron chi connectivity index (χ0n) is 16.1. The molecule has 134 valence electrons. The molecule has 0 saturated carbocycles. The van der Waals surface area contributed by atoms with Crippen LogP contribution < -0.4 is 5.32 Å². The molecular formula is C21H33NO2. The van der Waals surface area contributed by atoms with E-state index in [0.717, 1.165) is 31.4 Å². The smallest absolute Gasteiger partial charge is 0.165 e. The molecule has 24 heavy (non-hydrogen) atoms. The highest BCUT2D eigenvalue weighted by Gasteiger charge is 2.19. The van der Waals surface area contributed by atoms with E-state index in [1.165, 1.54) is 0 Å². The van der Waals surface area contributed by atoms with Crippen LogP contribution in [0.5, 0.6) is 0 Å². The first kappa shape index (κ1) is 20.4. The van der Waals surface area contributed by atoms with E-state index in [9.17, 15) is 9.59 Å². The van der Waals surface area contributed by atoms with Gasteiger partial charge in [-0.3, -0.25) is 9.59 Å². The Morgan fingerprint density at radius 1 is 0.917 bits per heavy atom. The van der Waals surface area contributed by atoms with Gasteiger partial charge in [0, 0.05) is 34.7 Å². The maximum absolute atomic E-state index is 12.8. The highest BCUT2D eigenvalue weighted by Crippen LogP contribution is 2.23. The Morgan fingerprint density at radius 3 is 2.00 bits per heavy atom. The third-order valence-electron chi connectivity index (χ3n) is 4.17. The van der Waals surface area contributed by atoms with Crippen LogP contribution in [0.3, 0.4) is 0 Å². The van der Waals surface area contributed by atoms with Crippen LogP contribution in [-0.2, 0) is 0 Å². The second-order valence-corrected chi connectivity index (χ2v) is 7.38. The summed E-state index contributed by atoms with van der Waals surface area (Å²) in [5.41, 5.74) is 2.12. The van der Waals surface area contributed by atoms with Gasteiger partial charge < -0.3 is 5.32 Å². The summed E-state index contributed by atoms with van der Waals surface area (Å²) in [7, 11) is 0. The Labute approximate surface area is 147 Å². The fourth-order valence-electron chi connectivity index (χ4n) is 2.78. The molecule has 0 spiro atoms. The Balaban J connectivity index is 3.09. The van der Waals surface area contributed by atoms with Crippen LogP contribution in [-0.4, -0.2) is 17.6 Å². The molecule has 0 radical (unpaired) electrons. The van der Waals surface area contributed by atoms with E-state index >= 15 is 0 Å². The van der Waals surface area contributed by atoms with Gasteiger partial charge >= 0.3 is 0 Å². The molecule has 0 aliphatic rings. The molecule has 0 aliphatic heterocycles. The van der Waals surface area contributed by atoms with Crippen molar-refractivity contribution in [2.75, 3.05) is 5.32 Å². The van der Waals surface area contributed by atoms with Crippen molar-refractivity contribution in [3.63, 3.8) is 0 Å². The number of hydrogen-bond acceptors (Lipinski definition) is 3. The van der Waals surface area contributed by atoms with Crippen LogP contribution in [0.1, 0.15) is 87.9 Å². The van der Waals surface area contributed by atoms with Gasteiger partial charge in [0.1, 0.15) is 0 Å². The lowest BCUT2D eigenvalue weighted by Gasteiger charge is -2.16. The number of rotatable bonds is 10. The van der Waals surface area contributed by atoms with E-state index < -0.39 is 0 Å². The van der Waals surface area contributed by atoms with Crippen molar-refractivity contribution < 1.29 is 9.59 Å². The van der Waals surface area contributed by atoms with Gasteiger partial charge in [0.05, 0.1) is 0 Å². The molecule has 1 aromatic carbocycles. The highest BCUT2D eigenvalue weighted by molar-refractivity contribution is 6.04. The molecule has 1 unspecified atom stereocenters. The zero-order valence-corrected chi connectivity index (χ0v) is 16.1. The summed E-state index contributed by atoms with van der Waals surface area (Å²) in [5, 5.41) is 3.32. The van der Waals surface area contributed by atoms with Crippen molar-refractivity contribution in [1.29, 1.82) is 0 Å². The highest BCUT2D eigenvalue weighted by atomic mass is 16.1. The summed E-state index contributed by atoms with van der Waals surface area (Å²) >= 11 is 0. The third-order valence-corrected chi connectivity index (χ3v) is 4.17. The third kappa shape index (κ3) is 6.10. The first-order valence-corrected chi connectivity index (χ1v) is 9.26. The maximum atomic E-state index is 12.8. The lowest BCUT2D eigenvalue weighted by atomic mass is 9.91. The van der Waals surface area contributed by atoms with E-state index in [1.807, 2.05) is 46.8 Å². The summed E-state index contributed by atoms with van der Waals surface area (Å²) < 4.78 is 0. The number of carbonyl (C=O) groups excluding carboxylic acids is 2. The van der Waals surface area contributed by atoms with Crippen LogP contribution in [0, 0.1) is 11.8 Å². The lowest BCUT2D eigenvalue weighted by Crippen LogP contribution is -2.16. The fraction of sp³-hybridized carbons (Fsp3) is 0.619. The SMILES string of the molecule is CCCCCC(C)C(=O)c1cc(NC(C)C)cc(C(=O)C(C)C)c1. The molecule has 0 aliphatic carbocycles. The molecule has 0 aromatic heterocycles. The summed E-state index contributed by atoms with van der Waals surface area (Å²) in [6.07, 6.45) is 4.29. The molecule has 1 N–H and O–H groups in total. The second-order valence-electron chi connectivity index (χ2n) is 7.38. The van der Waals surface area contributed by atoms with Crippen LogP contribution in [0.15, 0.2) is 18.2 Å². The Kier molecular flexibility index (Phi) is 8.17. The first-order chi connectivity index (χ1) is 11.3. The zero-order chi connectivity index (χ0) is 18.3. The number of hydrogen-bond donors (Lipinski definition) is 1. The molecule has 3 nitrogen and oxygen atoms in total. The minimum Gasteiger partial charge on any atom is -0.383 e. The molecule has 1 rings (SSSR count). The molecule has 0 heterocycles. The number of benzene rings is 1. The van der Waals surface area contributed by atoms with E-state index in [4.69, 9.17) is 0 Å². The number of anilines is 1. The molecule has 3 heteroatoms. The number of Topliss-reactive ketones (excluding diaryl/α,β-unsaturated/α-hetero) is 2. The van der Waals surface area contributed by atoms with Crippen LogP contribution in [0.2, 0.25) is 0 Å². The van der Waals surface area contributed by atoms with Gasteiger partial charge in [-0.15, -0.1) is 0 Å². The van der Waals surface area contributed by atoms with Crippen molar-refractivity contribution >= 4 is 17.3 Å². The van der Waals surface area contributed by atoms with Crippen molar-refractivity contribution in [3.8, 4) is 0 Å². The van der Waals surface area contributed by atoms with Crippen LogP contribution in [0.4, 0.5) is 5.69 Å². The molecule has 0 fully saturated rings. The standard InChI is InChI=1S/C21H33NO2/c1-7-8-9-10-16(6)21(24)18-11-17(20(23)14(2)3)12-19(13-18)22-15(4)5/h11-16,22H,7-10H2,1-6H3. The summed E-state index contributed by atoms with van der Waals surface area (Å²) in [4.78, 5) is 25.2. The average Bonchev–Trinajstić information content (AvgIpc) is 2.52. The molecule has 1 aromatic rings. The topological polar surface area (TPSA) is 46.2 Å². The van der Waals surface area contributed by atoms with Crippen LogP contribution >= 0.6 is 0 Å². The molecule has 0 bridgehead atoms. The maximum Gasteiger partial charge on any atom is 0.165 e. The van der Waals surface area contributed by atoms with E-state index in [1.54, 1.807) is 6.07 Å². The fourth-order valence-corrected chi connectivity index (χ4v) is 2.78. The molecular weight excluding hydrogens is 298 g/mol. The first-order valence-electron chi connectivity index (χ1n) is 9.26. The van der Waals surface area contributed by atoms with Gasteiger partial charge in [-0.05, 0) is 38.5 Å². The minimum atomic E-state index is -0.0794. The van der Waals surface area contributed by atoms with Crippen molar-refractivity contribution in [1.82, 2.24) is 0 Å². The molecule has 0 saturated heterocycles. The normalized spacial score (nSPS) is 12.5. The average molecular weight is 332 g/mol. The van der Waals surface area contributed by atoms with Crippen molar-refractivity contribution in [3.05, 3.63) is 29.3 Å². The quantitative estimate of drug-likeness (QED) is 0.439. The van der Waals surface area contributed by atoms with Gasteiger partial charge in [-0.1, -0.05) is 47.0 Å². The summed E-state index contributed by atoms with van der Waals surface area (Å²) in [6, 6.07) is 5.77. The second kappa shape index (κ2) is 9.61. The Bertz CT molecular complexity index is 561. The molecule has 0 amide bonds.